The fraction of sp³-hybridized carbons (Fsp3) is 0.348. The number of nitrogens with zero attached hydrogens (tertiary/aromatic N) is 2. The molecule has 1 aromatic heterocycles. The molecule has 2 aromatic carbocycles. The number of benzene rings is 2. The molecule has 1 N–H and O–H groups in total. The number of fused-ring (bicyclic) bond motifs is 1. The molecule has 0 spiro atoms. The Labute approximate surface area is 169 Å². The summed E-state index contributed by atoms with van der Waals surface area (Å²) in [7, 11) is -1.21. The minimum absolute atomic E-state index is 0.527. The first-order chi connectivity index (χ1) is 13.6. The van der Waals surface area contributed by atoms with Crippen molar-refractivity contribution in [2.75, 3.05) is 18.0 Å². The van der Waals surface area contributed by atoms with Crippen molar-refractivity contribution in [3.8, 4) is 0 Å². The molecule has 1 aliphatic rings. The van der Waals surface area contributed by atoms with Crippen molar-refractivity contribution in [1.29, 1.82) is 0 Å². The van der Waals surface area contributed by atoms with E-state index in [0.717, 1.165) is 46.6 Å². The van der Waals surface area contributed by atoms with E-state index in [1.807, 2.05) is 36.4 Å². The van der Waals surface area contributed by atoms with Crippen LogP contribution in [0.1, 0.15) is 26.7 Å². The zero-order valence-corrected chi connectivity index (χ0v) is 17.3. The summed E-state index contributed by atoms with van der Waals surface area (Å²) in [6.07, 6.45) is 4.05. The number of para-hydroxylation sites is 1. The summed E-state index contributed by atoms with van der Waals surface area (Å²) < 4.78 is 12.9. The van der Waals surface area contributed by atoms with Gasteiger partial charge in [0.2, 0.25) is 0 Å². The minimum Gasteiger partial charge on any atom is -0.370 e. The second kappa shape index (κ2) is 8.41. The molecule has 1 fully saturated rings. The number of piperidine rings is 1. The molecule has 4 rings (SSSR count). The van der Waals surface area contributed by atoms with E-state index >= 15 is 0 Å². The molecule has 1 atom stereocenters. The van der Waals surface area contributed by atoms with Gasteiger partial charge in [-0.15, -0.1) is 0 Å². The van der Waals surface area contributed by atoms with Crippen LogP contribution in [0.5, 0.6) is 0 Å². The summed E-state index contributed by atoms with van der Waals surface area (Å²) in [5, 5.41) is 4.69. The number of aromatic nitrogens is 1. The van der Waals surface area contributed by atoms with Gasteiger partial charge in [0, 0.05) is 41.7 Å². The molecule has 5 heteroatoms. The van der Waals surface area contributed by atoms with Crippen LogP contribution in [-0.2, 0) is 10.8 Å². The topological polar surface area (TPSA) is 45.2 Å². The highest BCUT2D eigenvalue weighted by Gasteiger charge is 2.21. The van der Waals surface area contributed by atoms with Crippen molar-refractivity contribution in [3.63, 3.8) is 0 Å². The average molecular weight is 394 g/mol. The first-order valence-corrected chi connectivity index (χ1v) is 11.1. The molecule has 3 aromatic rings. The Hall–Kier alpha value is -2.24. The largest absolute Gasteiger partial charge is 0.370 e. The third-order valence-corrected chi connectivity index (χ3v) is 6.59. The summed E-state index contributed by atoms with van der Waals surface area (Å²) >= 11 is 0. The number of anilines is 1. The summed E-state index contributed by atoms with van der Waals surface area (Å²) in [4.78, 5) is 8.70. The van der Waals surface area contributed by atoms with Crippen molar-refractivity contribution < 1.29 is 4.21 Å². The van der Waals surface area contributed by atoms with Crippen LogP contribution >= 0.6 is 0 Å². The minimum atomic E-state index is -1.21. The van der Waals surface area contributed by atoms with Gasteiger partial charge in [-0.3, -0.25) is 4.98 Å². The molecule has 28 heavy (non-hydrogen) atoms. The number of hydrogen-bond donors (Lipinski definition) is 1. The standard InChI is InChI=1S/C23H27N3OS/c1-17(2)25-19-11-13-26(14-12-19)22-10-6-7-18-15-21(16-24-23(18)22)28(27)20-8-4-3-5-9-20/h3-10,15-17,19,25H,11-14H2,1-2H3. The number of hydrogen-bond acceptors (Lipinski definition) is 4. The lowest BCUT2D eigenvalue weighted by Crippen LogP contribution is -2.44. The van der Waals surface area contributed by atoms with Crippen LogP contribution in [0.2, 0.25) is 0 Å². The highest BCUT2D eigenvalue weighted by molar-refractivity contribution is 7.85. The third-order valence-electron chi connectivity index (χ3n) is 5.24. The molecular weight excluding hydrogens is 366 g/mol. The first-order valence-electron chi connectivity index (χ1n) is 9.98. The van der Waals surface area contributed by atoms with E-state index in [4.69, 9.17) is 4.98 Å². The molecule has 1 saturated heterocycles. The molecular formula is C23H27N3OS. The van der Waals surface area contributed by atoms with E-state index in [-0.39, 0.29) is 0 Å². The number of nitrogens with one attached hydrogen (secondary N) is 1. The van der Waals surface area contributed by atoms with Gasteiger partial charge in [-0.05, 0) is 37.1 Å². The Morgan fingerprint density at radius 2 is 1.79 bits per heavy atom. The van der Waals surface area contributed by atoms with Crippen LogP contribution in [0.25, 0.3) is 10.9 Å². The Kier molecular flexibility index (Phi) is 5.74. The maximum absolute atomic E-state index is 12.9. The van der Waals surface area contributed by atoms with Crippen molar-refractivity contribution >= 4 is 27.4 Å². The fourth-order valence-corrected chi connectivity index (χ4v) is 4.98. The van der Waals surface area contributed by atoms with E-state index in [1.165, 1.54) is 5.69 Å². The Morgan fingerprint density at radius 3 is 2.50 bits per heavy atom. The SMILES string of the molecule is CC(C)NC1CCN(c2cccc3cc(S(=O)c4ccccc4)cnc23)CC1. The second-order valence-electron chi connectivity index (χ2n) is 7.68. The Morgan fingerprint density at radius 1 is 1.04 bits per heavy atom. The molecule has 0 amide bonds. The lowest BCUT2D eigenvalue weighted by atomic mass is 10.0. The van der Waals surface area contributed by atoms with Crippen molar-refractivity contribution in [3.05, 3.63) is 60.8 Å². The van der Waals surface area contributed by atoms with Gasteiger partial charge < -0.3 is 10.2 Å². The highest BCUT2D eigenvalue weighted by Crippen LogP contribution is 2.29. The Balaban J connectivity index is 1.57. The normalized spacial score (nSPS) is 16.6. The smallest absolute Gasteiger partial charge is 0.0936 e. The first kappa shape index (κ1) is 19.1. The molecule has 2 heterocycles. The van der Waals surface area contributed by atoms with Crippen molar-refractivity contribution in [2.45, 2.75) is 48.6 Å². The van der Waals surface area contributed by atoms with Gasteiger partial charge in [-0.1, -0.05) is 44.2 Å². The van der Waals surface area contributed by atoms with E-state index < -0.39 is 10.8 Å². The van der Waals surface area contributed by atoms with Crippen LogP contribution < -0.4 is 10.2 Å². The zero-order valence-electron chi connectivity index (χ0n) is 16.5. The fourth-order valence-electron chi connectivity index (χ4n) is 3.92. The average Bonchev–Trinajstić information content (AvgIpc) is 2.73. The summed E-state index contributed by atoms with van der Waals surface area (Å²) in [5.41, 5.74) is 2.17. The molecule has 0 radical (unpaired) electrons. The molecule has 0 bridgehead atoms. The predicted octanol–water partition coefficient (Wildman–Crippen LogP) is 4.37. The monoisotopic (exact) mass is 393 g/mol. The van der Waals surface area contributed by atoms with Crippen LogP contribution in [0, 0.1) is 0 Å². The molecule has 146 valence electrons. The van der Waals surface area contributed by atoms with Gasteiger partial charge in [0.15, 0.2) is 0 Å². The quantitative estimate of drug-likeness (QED) is 0.699. The molecule has 0 saturated carbocycles. The van der Waals surface area contributed by atoms with Gasteiger partial charge in [0.05, 0.1) is 26.9 Å². The van der Waals surface area contributed by atoms with Gasteiger partial charge >= 0.3 is 0 Å². The molecule has 1 aliphatic heterocycles. The van der Waals surface area contributed by atoms with Crippen LogP contribution in [0.3, 0.4) is 0 Å². The lowest BCUT2D eigenvalue weighted by molar-refractivity contribution is 0.387. The van der Waals surface area contributed by atoms with Crippen LogP contribution in [0.15, 0.2) is 70.6 Å². The van der Waals surface area contributed by atoms with Crippen LogP contribution in [0.4, 0.5) is 5.69 Å². The maximum Gasteiger partial charge on any atom is 0.0936 e. The van der Waals surface area contributed by atoms with E-state index in [0.29, 0.717) is 12.1 Å². The Bertz CT molecular complexity index is 966. The van der Waals surface area contributed by atoms with E-state index in [1.54, 1.807) is 6.20 Å². The highest BCUT2D eigenvalue weighted by atomic mass is 32.2. The second-order valence-corrected chi connectivity index (χ2v) is 9.16. The van der Waals surface area contributed by atoms with Crippen LogP contribution in [-0.4, -0.2) is 34.4 Å². The third kappa shape index (κ3) is 4.10. The number of rotatable bonds is 5. The summed E-state index contributed by atoms with van der Waals surface area (Å²) in [5.74, 6) is 0. The van der Waals surface area contributed by atoms with Gasteiger partial charge in [0.25, 0.3) is 0 Å². The maximum atomic E-state index is 12.9. The van der Waals surface area contributed by atoms with E-state index in [9.17, 15) is 4.21 Å². The van der Waals surface area contributed by atoms with Gasteiger partial charge in [-0.25, -0.2) is 4.21 Å². The number of pyridine rings is 1. The molecule has 4 nitrogen and oxygen atoms in total. The summed E-state index contributed by atoms with van der Waals surface area (Å²) in [6, 6.07) is 19.0. The molecule has 0 aliphatic carbocycles. The lowest BCUT2D eigenvalue weighted by Gasteiger charge is -2.35. The van der Waals surface area contributed by atoms with E-state index in [2.05, 4.69) is 42.3 Å². The van der Waals surface area contributed by atoms with Crippen molar-refractivity contribution in [1.82, 2.24) is 10.3 Å². The molecule has 1 unspecified atom stereocenters. The van der Waals surface area contributed by atoms with Gasteiger partial charge in [-0.2, -0.15) is 0 Å². The van der Waals surface area contributed by atoms with Crippen molar-refractivity contribution in [2.24, 2.45) is 0 Å². The zero-order chi connectivity index (χ0) is 19.5. The summed E-state index contributed by atoms with van der Waals surface area (Å²) in [6.45, 7) is 6.47. The predicted molar refractivity (Wildman–Crippen MR) is 116 cm³/mol. The van der Waals surface area contributed by atoms with Gasteiger partial charge in [0.1, 0.15) is 0 Å².